The highest BCUT2D eigenvalue weighted by molar-refractivity contribution is 7.10. The summed E-state index contributed by atoms with van der Waals surface area (Å²) in [4.78, 5) is 8.63. The van der Waals surface area contributed by atoms with E-state index in [1.165, 1.54) is 33.0 Å². The van der Waals surface area contributed by atoms with Gasteiger partial charge < -0.3 is 12.4 Å². The smallest absolute Gasteiger partial charge is 0.285 e. The fraction of sp³-hybridized carbons (Fsp3) is 0.188. The number of aromatic amines is 2. The molecule has 0 atom stereocenters. The highest BCUT2D eigenvalue weighted by atomic mass is 35.5. The lowest BCUT2D eigenvalue weighted by atomic mass is 10.0. The Morgan fingerprint density at radius 2 is 2.10 bits per heavy atom. The summed E-state index contributed by atoms with van der Waals surface area (Å²) >= 11 is 1.86. The molecule has 0 fully saturated rings. The Balaban J connectivity index is 0.00000121. The van der Waals surface area contributed by atoms with E-state index in [1.54, 1.807) is 0 Å². The van der Waals surface area contributed by atoms with E-state index >= 15 is 0 Å². The van der Waals surface area contributed by atoms with Crippen molar-refractivity contribution >= 4 is 11.3 Å². The zero-order chi connectivity index (χ0) is 12.8. The fourth-order valence-electron chi connectivity index (χ4n) is 2.80. The molecular formula is C16H15ClN2S. The predicted octanol–water partition coefficient (Wildman–Crippen LogP) is 0.635. The van der Waals surface area contributed by atoms with Crippen LogP contribution >= 0.6 is 11.3 Å². The molecule has 0 saturated carbocycles. The van der Waals surface area contributed by atoms with Crippen molar-refractivity contribution in [2.24, 2.45) is 0 Å². The van der Waals surface area contributed by atoms with Gasteiger partial charge in [0, 0.05) is 16.9 Å². The predicted molar refractivity (Wildman–Crippen MR) is 78.2 cm³/mol. The van der Waals surface area contributed by atoms with Crippen LogP contribution in [0.3, 0.4) is 0 Å². The van der Waals surface area contributed by atoms with Gasteiger partial charge in [-0.1, -0.05) is 17.7 Å². The number of fused-ring (bicyclic) bond motifs is 3. The molecule has 0 spiro atoms. The second-order valence-electron chi connectivity index (χ2n) is 5.11. The summed E-state index contributed by atoms with van der Waals surface area (Å²) in [5, 5.41) is 2.19. The molecular weight excluding hydrogens is 288 g/mol. The maximum atomic E-state index is 3.57. The highest BCUT2D eigenvalue weighted by Gasteiger charge is 2.26. The molecule has 2 N–H and O–H groups in total. The summed E-state index contributed by atoms with van der Waals surface area (Å²) in [6, 6.07) is 10.8. The van der Waals surface area contributed by atoms with E-state index in [0.29, 0.717) is 0 Å². The van der Waals surface area contributed by atoms with Gasteiger partial charge in [-0.25, -0.2) is 9.97 Å². The Bertz CT molecular complexity index is 757. The molecule has 0 aliphatic heterocycles. The van der Waals surface area contributed by atoms with Crippen molar-refractivity contribution in [1.82, 2.24) is 4.98 Å². The molecule has 0 radical (unpaired) electrons. The van der Waals surface area contributed by atoms with Crippen molar-refractivity contribution in [3.63, 3.8) is 0 Å². The maximum absolute atomic E-state index is 3.57. The van der Waals surface area contributed by atoms with Gasteiger partial charge in [0.1, 0.15) is 5.69 Å². The summed E-state index contributed by atoms with van der Waals surface area (Å²) < 4.78 is 0. The number of aromatic nitrogens is 2. The van der Waals surface area contributed by atoms with Crippen molar-refractivity contribution in [2.75, 3.05) is 0 Å². The minimum Gasteiger partial charge on any atom is -1.00 e. The average Bonchev–Trinajstić information content (AvgIpc) is 3.04. The first-order valence-electron chi connectivity index (χ1n) is 6.59. The molecule has 2 nitrogen and oxygen atoms in total. The number of halogens is 1. The minimum absolute atomic E-state index is 0. The number of hydrogen-bond acceptors (Lipinski definition) is 1. The van der Waals surface area contributed by atoms with Crippen LogP contribution in [0, 0.1) is 6.92 Å². The first-order valence-corrected chi connectivity index (χ1v) is 7.47. The van der Waals surface area contributed by atoms with Crippen LogP contribution in [-0.2, 0) is 12.8 Å². The topological polar surface area (TPSA) is 29.9 Å². The molecule has 1 aliphatic rings. The number of rotatable bonds is 1. The SMILES string of the molecule is Cc1cccc(-c2[nH]c3c([nH+]2)-c2ccsc2CC3)c1.[Cl-]. The Morgan fingerprint density at radius 3 is 2.95 bits per heavy atom. The number of thiophene rings is 1. The molecule has 4 heteroatoms. The van der Waals surface area contributed by atoms with Crippen LogP contribution in [0.5, 0.6) is 0 Å². The van der Waals surface area contributed by atoms with Crippen molar-refractivity contribution in [2.45, 2.75) is 19.8 Å². The summed E-state index contributed by atoms with van der Waals surface area (Å²) in [7, 11) is 0. The molecule has 4 rings (SSSR count). The number of nitrogens with one attached hydrogen (secondary N) is 2. The summed E-state index contributed by atoms with van der Waals surface area (Å²) in [5.74, 6) is 1.12. The van der Waals surface area contributed by atoms with Crippen LogP contribution in [0.1, 0.15) is 16.1 Å². The highest BCUT2D eigenvalue weighted by Crippen LogP contribution is 2.34. The molecule has 0 amide bonds. The monoisotopic (exact) mass is 302 g/mol. The Labute approximate surface area is 128 Å². The zero-order valence-corrected chi connectivity index (χ0v) is 12.7. The summed E-state index contributed by atoms with van der Waals surface area (Å²) in [5.41, 5.74) is 6.50. The second-order valence-corrected chi connectivity index (χ2v) is 6.11. The lowest BCUT2D eigenvalue weighted by Gasteiger charge is -2.05. The largest absolute Gasteiger partial charge is 1.00 e. The van der Waals surface area contributed by atoms with Gasteiger partial charge in [0.15, 0.2) is 5.69 Å². The lowest BCUT2D eigenvalue weighted by molar-refractivity contribution is -0.349. The number of benzene rings is 1. The van der Waals surface area contributed by atoms with E-state index in [2.05, 4.69) is 52.6 Å². The van der Waals surface area contributed by atoms with Gasteiger partial charge in [0.05, 0.1) is 5.56 Å². The van der Waals surface area contributed by atoms with Gasteiger partial charge in [-0.3, -0.25) is 0 Å². The number of H-pyrrole nitrogens is 2. The van der Waals surface area contributed by atoms with Gasteiger partial charge in [0.2, 0.25) is 0 Å². The number of hydrogen-bond donors (Lipinski definition) is 1. The van der Waals surface area contributed by atoms with Gasteiger partial charge in [-0.15, -0.1) is 11.3 Å². The van der Waals surface area contributed by atoms with E-state index in [0.717, 1.165) is 18.7 Å². The van der Waals surface area contributed by atoms with Crippen molar-refractivity contribution < 1.29 is 17.4 Å². The van der Waals surface area contributed by atoms with E-state index in [9.17, 15) is 0 Å². The molecule has 0 unspecified atom stereocenters. The average molecular weight is 303 g/mol. The standard InChI is InChI=1S/C16H14N2S.ClH/c1-10-3-2-4-11(9-10)16-17-13-5-6-14-12(7-8-19-14)15(13)18-16;/h2-4,7-9H,5-6H2,1H3,(H,17,18);1H. The third-order valence-electron chi connectivity index (χ3n) is 3.75. The number of aryl methyl sites for hydroxylation is 3. The van der Waals surface area contributed by atoms with Gasteiger partial charge in [-0.2, -0.15) is 0 Å². The number of imidazole rings is 1. The lowest BCUT2D eigenvalue weighted by Crippen LogP contribution is -3.00. The molecule has 2 aromatic heterocycles. The fourth-order valence-corrected chi connectivity index (χ4v) is 3.69. The van der Waals surface area contributed by atoms with E-state index < -0.39 is 0 Å². The molecule has 1 aliphatic carbocycles. The van der Waals surface area contributed by atoms with Gasteiger partial charge >= 0.3 is 0 Å². The summed E-state index contributed by atoms with van der Waals surface area (Å²) in [6.07, 6.45) is 2.26. The molecule has 20 heavy (non-hydrogen) atoms. The minimum atomic E-state index is 0. The molecule has 3 aromatic rings. The van der Waals surface area contributed by atoms with Crippen molar-refractivity contribution in [3.05, 3.63) is 51.8 Å². The van der Waals surface area contributed by atoms with E-state index in [-0.39, 0.29) is 12.4 Å². The van der Waals surface area contributed by atoms with E-state index in [1.807, 2.05) is 11.3 Å². The van der Waals surface area contributed by atoms with Crippen LogP contribution in [-0.4, -0.2) is 4.98 Å². The molecule has 0 bridgehead atoms. The van der Waals surface area contributed by atoms with Crippen LogP contribution in [0.15, 0.2) is 35.7 Å². The van der Waals surface area contributed by atoms with Crippen LogP contribution < -0.4 is 17.4 Å². The van der Waals surface area contributed by atoms with Gasteiger partial charge in [0.25, 0.3) is 5.82 Å². The Kier molecular flexibility index (Phi) is 3.40. The first-order chi connectivity index (χ1) is 9.31. The second kappa shape index (κ2) is 5.08. The van der Waals surface area contributed by atoms with Crippen LogP contribution in [0.2, 0.25) is 0 Å². The molecule has 1 aromatic carbocycles. The maximum Gasteiger partial charge on any atom is 0.285 e. The molecule has 0 saturated heterocycles. The van der Waals surface area contributed by atoms with Crippen LogP contribution in [0.4, 0.5) is 0 Å². The summed E-state index contributed by atoms with van der Waals surface area (Å²) in [6.45, 7) is 2.13. The normalized spacial score (nSPS) is 12.4. The zero-order valence-electron chi connectivity index (χ0n) is 11.2. The van der Waals surface area contributed by atoms with Crippen molar-refractivity contribution in [1.29, 1.82) is 0 Å². The first kappa shape index (κ1) is 13.4. The quantitative estimate of drug-likeness (QED) is 0.684. The van der Waals surface area contributed by atoms with Crippen LogP contribution in [0.25, 0.3) is 22.6 Å². The Morgan fingerprint density at radius 1 is 1.20 bits per heavy atom. The Hall–Kier alpha value is -1.58. The van der Waals surface area contributed by atoms with Crippen molar-refractivity contribution in [3.8, 4) is 22.6 Å². The third-order valence-corrected chi connectivity index (χ3v) is 4.73. The van der Waals surface area contributed by atoms with E-state index in [4.69, 9.17) is 0 Å². The molecule has 102 valence electrons. The third kappa shape index (κ3) is 2.07. The van der Waals surface area contributed by atoms with Gasteiger partial charge in [-0.05, 0) is 36.9 Å². The molecule has 2 heterocycles.